The second kappa shape index (κ2) is 4.39. The van der Waals surface area contributed by atoms with Gasteiger partial charge in [0.2, 0.25) is 0 Å². The van der Waals surface area contributed by atoms with Crippen molar-refractivity contribution in [3.8, 4) is 0 Å². The van der Waals surface area contributed by atoms with Crippen molar-refractivity contribution in [1.29, 1.82) is 0 Å². The monoisotopic (exact) mass is 207 g/mol. The van der Waals surface area contributed by atoms with Crippen LogP contribution in [0.3, 0.4) is 0 Å². The number of hydrogen-bond donors (Lipinski definition) is 1. The van der Waals surface area contributed by atoms with Crippen LogP contribution < -0.4 is 5.73 Å². The molecule has 0 aromatic carbocycles. The quantitative estimate of drug-likeness (QED) is 0.828. The van der Waals surface area contributed by atoms with Crippen molar-refractivity contribution in [2.75, 3.05) is 0 Å². The Kier molecular flexibility index (Phi) is 2.96. The van der Waals surface area contributed by atoms with Crippen LogP contribution in [0.1, 0.15) is 10.7 Å². The van der Waals surface area contributed by atoms with Crippen LogP contribution in [-0.4, -0.2) is 9.55 Å². The van der Waals surface area contributed by atoms with Crippen LogP contribution in [0.15, 0.2) is 29.9 Å². The average Bonchev–Trinajstić information content (AvgIpc) is 2.85. The number of aromatic nitrogens is 2. The zero-order valence-electron chi connectivity index (χ0n) is 7.89. The number of imidazole rings is 1. The van der Waals surface area contributed by atoms with Gasteiger partial charge in [-0.1, -0.05) is 6.07 Å². The van der Waals surface area contributed by atoms with Crippen LogP contribution in [0.4, 0.5) is 0 Å². The highest BCUT2D eigenvalue weighted by atomic mass is 32.1. The van der Waals surface area contributed by atoms with E-state index in [1.54, 1.807) is 17.5 Å². The maximum atomic E-state index is 5.56. The van der Waals surface area contributed by atoms with E-state index in [9.17, 15) is 0 Å². The number of thiophene rings is 1. The minimum absolute atomic E-state index is 0.511. The van der Waals surface area contributed by atoms with Crippen LogP contribution in [-0.2, 0) is 19.5 Å². The predicted octanol–water partition coefficient (Wildman–Crippen LogP) is 1.65. The van der Waals surface area contributed by atoms with Gasteiger partial charge in [0.05, 0.1) is 6.54 Å². The predicted molar refractivity (Wildman–Crippen MR) is 58.1 cm³/mol. The maximum Gasteiger partial charge on any atom is 0.122 e. The minimum atomic E-state index is 0.511. The second-order valence-electron chi connectivity index (χ2n) is 3.07. The summed E-state index contributed by atoms with van der Waals surface area (Å²) in [6, 6.07) is 4.24. The summed E-state index contributed by atoms with van der Waals surface area (Å²) in [7, 11) is 0. The molecule has 2 N–H and O–H groups in total. The Bertz CT molecular complexity index is 378. The fourth-order valence-corrected chi connectivity index (χ4v) is 2.12. The van der Waals surface area contributed by atoms with Gasteiger partial charge < -0.3 is 10.3 Å². The summed E-state index contributed by atoms with van der Waals surface area (Å²) >= 11 is 1.79. The molecule has 74 valence electrons. The fourth-order valence-electron chi connectivity index (χ4n) is 1.42. The third-order valence-corrected chi connectivity index (χ3v) is 3.10. The molecule has 0 radical (unpaired) electrons. The van der Waals surface area contributed by atoms with Crippen LogP contribution in [0.25, 0.3) is 0 Å². The Morgan fingerprint density at radius 2 is 2.43 bits per heavy atom. The molecule has 14 heavy (non-hydrogen) atoms. The number of rotatable bonds is 4. The van der Waals surface area contributed by atoms with E-state index < -0.39 is 0 Å². The summed E-state index contributed by atoms with van der Waals surface area (Å²) in [5.41, 5.74) is 5.56. The molecule has 0 atom stereocenters. The van der Waals surface area contributed by atoms with Crippen molar-refractivity contribution >= 4 is 11.3 Å². The van der Waals surface area contributed by atoms with Gasteiger partial charge >= 0.3 is 0 Å². The van der Waals surface area contributed by atoms with Crippen molar-refractivity contribution in [3.05, 3.63) is 40.6 Å². The first kappa shape index (κ1) is 9.43. The van der Waals surface area contributed by atoms with Gasteiger partial charge in [0.1, 0.15) is 5.82 Å². The molecular weight excluding hydrogens is 194 g/mol. The number of hydrogen-bond acceptors (Lipinski definition) is 3. The smallest absolute Gasteiger partial charge is 0.122 e. The van der Waals surface area contributed by atoms with Crippen molar-refractivity contribution in [2.45, 2.75) is 19.5 Å². The topological polar surface area (TPSA) is 43.8 Å². The van der Waals surface area contributed by atoms with Gasteiger partial charge in [-0.3, -0.25) is 0 Å². The van der Waals surface area contributed by atoms with E-state index in [0.29, 0.717) is 6.54 Å². The first-order chi connectivity index (χ1) is 6.90. The van der Waals surface area contributed by atoms with Gasteiger partial charge in [-0.15, -0.1) is 11.3 Å². The van der Waals surface area contributed by atoms with Gasteiger partial charge in [-0.2, -0.15) is 0 Å². The molecule has 2 aromatic rings. The molecule has 4 heteroatoms. The molecule has 0 aliphatic heterocycles. The Morgan fingerprint density at radius 3 is 3.14 bits per heavy atom. The van der Waals surface area contributed by atoms with Crippen molar-refractivity contribution < 1.29 is 0 Å². The zero-order chi connectivity index (χ0) is 9.80. The number of nitrogens with zero attached hydrogens (tertiary/aromatic N) is 2. The zero-order valence-corrected chi connectivity index (χ0v) is 8.70. The van der Waals surface area contributed by atoms with E-state index in [1.165, 1.54) is 4.88 Å². The Hall–Kier alpha value is -1.13. The van der Waals surface area contributed by atoms with E-state index >= 15 is 0 Å². The molecule has 0 bridgehead atoms. The first-order valence-corrected chi connectivity index (χ1v) is 5.50. The standard InChI is InChI=1S/C10H13N3S/c11-8-10-12-4-6-13(10)5-3-9-2-1-7-14-9/h1-2,4,6-7H,3,5,8,11H2. The Labute approximate surface area is 87.2 Å². The van der Waals surface area contributed by atoms with E-state index in [4.69, 9.17) is 5.73 Å². The van der Waals surface area contributed by atoms with Crippen LogP contribution in [0, 0.1) is 0 Å². The SMILES string of the molecule is NCc1nccn1CCc1cccs1. The van der Waals surface area contributed by atoms with Crippen molar-refractivity contribution in [3.63, 3.8) is 0 Å². The average molecular weight is 207 g/mol. The summed E-state index contributed by atoms with van der Waals surface area (Å²) in [6.07, 6.45) is 4.84. The lowest BCUT2D eigenvalue weighted by Gasteiger charge is -2.04. The van der Waals surface area contributed by atoms with Crippen LogP contribution >= 0.6 is 11.3 Å². The molecule has 2 heterocycles. The molecule has 0 fully saturated rings. The molecule has 0 saturated carbocycles. The highest BCUT2D eigenvalue weighted by Crippen LogP contribution is 2.10. The normalized spacial score (nSPS) is 10.6. The lowest BCUT2D eigenvalue weighted by molar-refractivity contribution is 0.656. The third-order valence-electron chi connectivity index (χ3n) is 2.16. The number of aryl methyl sites for hydroxylation is 2. The highest BCUT2D eigenvalue weighted by molar-refractivity contribution is 7.09. The summed E-state index contributed by atoms with van der Waals surface area (Å²) in [5.74, 6) is 0.960. The Balaban J connectivity index is 1.98. The fraction of sp³-hybridized carbons (Fsp3) is 0.300. The van der Waals surface area contributed by atoms with Crippen LogP contribution in [0.2, 0.25) is 0 Å². The van der Waals surface area contributed by atoms with Crippen molar-refractivity contribution in [1.82, 2.24) is 9.55 Å². The lowest BCUT2D eigenvalue weighted by Crippen LogP contribution is -2.09. The van der Waals surface area contributed by atoms with Gasteiger partial charge in [0.15, 0.2) is 0 Å². The number of nitrogens with two attached hydrogens (primary N) is 1. The molecule has 0 spiro atoms. The maximum absolute atomic E-state index is 5.56. The molecule has 2 rings (SSSR count). The summed E-state index contributed by atoms with van der Waals surface area (Å²) < 4.78 is 2.11. The van der Waals surface area contributed by atoms with Crippen molar-refractivity contribution in [2.24, 2.45) is 5.73 Å². The van der Waals surface area contributed by atoms with E-state index in [-0.39, 0.29) is 0 Å². The largest absolute Gasteiger partial charge is 0.334 e. The molecule has 3 nitrogen and oxygen atoms in total. The molecule has 2 aromatic heterocycles. The molecule has 0 unspecified atom stereocenters. The van der Waals surface area contributed by atoms with Gasteiger partial charge in [-0.25, -0.2) is 4.98 Å². The molecule has 0 aliphatic rings. The van der Waals surface area contributed by atoms with E-state index in [1.807, 2.05) is 6.20 Å². The Morgan fingerprint density at radius 1 is 1.50 bits per heavy atom. The first-order valence-electron chi connectivity index (χ1n) is 4.62. The third kappa shape index (κ3) is 2.02. The van der Waals surface area contributed by atoms with Gasteiger partial charge in [-0.05, 0) is 17.9 Å². The molecule has 0 aliphatic carbocycles. The summed E-state index contributed by atoms with van der Waals surface area (Å²) in [4.78, 5) is 5.58. The minimum Gasteiger partial charge on any atom is -0.334 e. The van der Waals surface area contributed by atoms with E-state index in [0.717, 1.165) is 18.8 Å². The van der Waals surface area contributed by atoms with Crippen LogP contribution in [0.5, 0.6) is 0 Å². The molecule has 0 amide bonds. The van der Waals surface area contributed by atoms with Gasteiger partial charge in [0, 0.05) is 23.8 Å². The highest BCUT2D eigenvalue weighted by Gasteiger charge is 2.00. The van der Waals surface area contributed by atoms with E-state index in [2.05, 4.69) is 27.1 Å². The molecular formula is C10H13N3S. The lowest BCUT2D eigenvalue weighted by atomic mass is 10.3. The summed E-state index contributed by atoms with van der Waals surface area (Å²) in [5, 5.41) is 2.10. The second-order valence-corrected chi connectivity index (χ2v) is 4.10. The van der Waals surface area contributed by atoms with Gasteiger partial charge in [0.25, 0.3) is 0 Å². The molecule has 0 saturated heterocycles. The summed E-state index contributed by atoms with van der Waals surface area (Å²) in [6.45, 7) is 1.48.